The predicted octanol–water partition coefficient (Wildman–Crippen LogP) is 1.91. The molecule has 1 saturated heterocycles. The van der Waals surface area contributed by atoms with E-state index in [2.05, 4.69) is 31.5 Å². The minimum Gasteiger partial charge on any atom is -0.367 e. The molecular weight excluding hydrogens is 264 g/mol. The lowest BCUT2D eigenvalue weighted by molar-refractivity contribution is 0.528. The van der Waals surface area contributed by atoms with Gasteiger partial charge in [-0.15, -0.1) is 0 Å². The Labute approximate surface area is 125 Å². The number of aryl methyl sites for hydroxylation is 3. The Kier molecular flexibility index (Phi) is 3.77. The molecule has 0 radical (unpaired) electrons. The first-order chi connectivity index (χ1) is 10.1. The van der Waals surface area contributed by atoms with E-state index in [1.807, 2.05) is 37.8 Å². The summed E-state index contributed by atoms with van der Waals surface area (Å²) in [6, 6.07) is 2.42. The van der Waals surface area contributed by atoms with Crippen LogP contribution in [0.3, 0.4) is 0 Å². The molecule has 0 unspecified atom stereocenters. The highest BCUT2D eigenvalue weighted by Gasteiger charge is 2.21. The first-order valence-electron chi connectivity index (χ1n) is 7.42. The number of hydrogen-bond donors (Lipinski definition) is 1. The largest absolute Gasteiger partial charge is 0.367 e. The lowest BCUT2D eigenvalue weighted by Gasteiger charge is -2.34. The number of hydrogen-bond acceptors (Lipinski definition) is 5. The van der Waals surface area contributed by atoms with Gasteiger partial charge < -0.3 is 10.2 Å². The van der Waals surface area contributed by atoms with Crippen molar-refractivity contribution in [3.63, 3.8) is 0 Å². The zero-order valence-electron chi connectivity index (χ0n) is 12.9. The van der Waals surface area contributed by atoms with E-state index < -0.39 is 0 Å². The number of nitrogens with one attached hydrogen (secondary N) is 1. The van der Waals surface area contributed by atoms with Crippen LogP contribution in [0.4, 0.5) is 11.5 Å². The van der Waals surface area contributed by atoms with Crippen molar-refractivity contribution in [2.24, 2.45) is 7.05 Å². The fourth-order valence-corrected chi connectivity index (χ4v) is 2.90. The number of anilines is 2. The third-order valence-corrected chi connectivity index (χ3v) is 3.80. The average Bonchev–Trinajstić information content (AvgIpc) is 2.84. The van der Waals surface area contributed by atoms with E-state index in [9.17, 15) is 0 Å². The van der Waals surface area contributed by atoms with Crippen LogP contribution in [-0.4, -0.2) is 38.9 Å². The quantitative estimate of drug-likeness (QED) is 0.934. The molecule has 21 heavy (non-hydrogen) atoms. The predicted molar refractivity (Wildman–Crippen MR) is 83.6 cm³/mol. The van der Waals surface area contributed by atoms with Gasteiger partial charge in [0.15, 0.2) is 0 Å². The fourth-order valence-electron chi connectivity index (χ4n) is 2.90. The maximum atomic E-state index is 4.47. The maximum Gasteiger partial charge on any atom is 0.130 e. The second-order valence-corrected chi connectivity index (χ2v) is 5.74. The zero-order valence-corrected chi connectivity index (χ0v) is 12.9. The third-order valence-electron chi connectivity index (χ3n) is 3.80. The molecule has 0 spiro atoms. The highest BCUT2D eigenvalue weighted by atomic mass is 15.3. The fraction of sp³-hybridized carbons (Fsp3) is 0.533. The molecule has 0 aliphatic carbocycles. The molecule has 2 aromatic rings. The van der Waals surface area contributed by atoms with Gasteiger partial charge in [-0.25, -0.2) is 9.97 Å². The van der Waals surface area contributed by atoms with Gasteiger partial charge in [-0.1, -0.05) is 0 Å². The van der Waals surface area contributed by atoms with Crippen LogP contribution in [0, 0.1) is 13.8 Å². The van der Waals surface area contributed by atoms with Gasteiger partial charge in [0.1, 0.15) is 11.6 Å². The molecule has 1 fully saturated rings. The molecule has 3 heterocycles. The number of nitrogens with zero attached hydrogens (tertiary/aromatic N) is 5. The Hall–Kier alpha value is -2.11. The number of rotatable bonds is 3. The van der Waals surface area contributed by atoms with Crippen LogP contribution in [0.15, 0.2) is 18.5 Å². The molecule has 1 N–H and O–H groups in total. The van der Waals surface area contributed by atoms with Crippen molar-refractivity contribution >= 4 is 11.5 Å². The van der Waals surface area contributed by atoms with Crippen LogP contribution in [0.1, 0.15) is 24.4 Å². The third kappa shape index (κ3) is 3.32. The van der Waals surface area contributed by atoms with Crippen LogP contribution in [0.25, 0.3) is 0 Å². The highest BCUT2D eigenvalue weighted by Crippen LogP contribution is 2.21. The van der Waals surface area contributed by atoms with Gasteiger partial charge in [-0.2, -0.15) is 5.10 Å². The highest BCUT2D eigenvalue weighted by molar-refractivity contribution is 5.45. The SMILES string of the molecule is Cc1cc(N[C@H]2CCCN(c3cnn(C)c3)C2)nc(C)n1. The van der Waals surface area contributed by atoms with Crippen LogP contribution in [0.2, 0.25) is 0 Å². The van der Waals surface area contributed by atoms with Crippen LogP contribution in [-0.2, 0) is 7.05 Å². The van der Waals surface area contributed by atoms with Crippen molar-refractivity contribution in [3.05, 3.63) is 30.0 Å². The molecule has 3 rings (SSSR count). The van der Waals surface area contributed by atoms with Crippen molar-refractivity contribution in [2.45, 2.75) is 32.7 Å². The summed E-state index contributed by atoms with van der Waals surface area (Å²) in [6.07, 6.45) is 6.34. The minimum atomic E-state index is 0.410. The van der Waals surface area contributed by atoms with Gasteiger partial charge in [0.2, 0.25) is 0 Å². The summed E-state index contributed by atoms with van der Waals surface area (Å²) in [7, 11) is 1.95. The van der Waals surface area contributed by atoms with Gasteiger partial charge in [0.05, 0.1) is 11.9 Å². The Balaban J connectivity index is 1.68. The van der Waals surface area contributed by atoms with Crippen molar-refractivity contribution in [2.75, 3.05) is 23.3 Å². The molecule has 1 aliphatic rings. The maximum absolute atomic E-state index is 4.47. The Morgan fingerprint density at radius 3 is 2.86 bits per heavy atom. The van der Waals surface area contributed by atoms with Crippen LogP contribution in [0.5, 0.6) is 0 Å². The summed E-state index contributed by atoms with van der Waals surface area (Å²) in [6.45, 7) is 6.00. The summed E-state index contributed by atoms with van der Waals surface area (Å²) in [5.74, 6) is 1.75. The lowest BCUT2D eigenvalue weighted by atomic mass is 10.1. The second kappa shape index (κ2) is 5.71. The van der Waals surface area contributed by atoms with Crippen molar-refractivity contribution in [1.29, 1.82) is 0 Å². The molecule has 1 aliphatic heterocycles. The monoisotopic (exact) mass is 286 g/mol. The first kappa shape index (κ1) is 13.9. The summed E-state index contributed by atoms with van der Waals surface area (Å²) in [4.78, 5) is 11.2. The molecule has 0 amide bonds. The minimum absolute atomic E-state index is 0.410. The lowest BCUT2D eigenvalue weighted by Crippen LogP contribution is -2.42. The smallest absolute Gasteiger partial charge is 0.130 e. The van der Waals surface area contributed by atoms with E-state index >= 15 is 0 Å². The topological polar surface area (TPSA) is 58.9 Å². The van der Waals surface area contributed by atoms with E-state index in [1.165, 1.54) is 18.5 Å². The number of aromatic nitrogens is 4. The molecule has 0 aromatic carbocycles. The molecular formula is C15H22N6. The van der Waals surface area contributed by atoms with Crippen molar-refractivity contribution in [3.8, 4) is 0 Å². The van der Waals surface area contributed by atoms with E-state index in [-0.39, 0.29) is 0 Å². The molecule has 2 aromatic heterocycles. The van der Waals surface area contributed by atoms with Crippen molar-refractivity contribution in [1.82, 2.24) is 19.7 Å². The van der Waals surface area contributed by atoms with Gasteiger partial charge in [0.25, 0.3) is 0 Å². The second-order valence-electron chi connectivity index (χ2n) is 5.74. The molecule has 1 atom stereocenters. The van der Waals surface area contributed by atoms with Crippen LogP contribution < -0.4 is 10.2 Å². The van der Waals surface area contributed by atoms with E-state index in [0.717, 1.165) is 30.4 Å². The molecule has 6 heteroatoms. The van der Waals surface area contributed by atoms with E-state index in [1.54, 1.807) is 0 Å². The standard InChI is InChI=1S/C15H22N6/c1-11-7-15(18-12(2)17-11)19-13-5-4-6-21(9-13)14-8-16-20(3)10-14/h7-8,10,13H,4-6,9H2,1-3H3,(H,17,18,19)/t13-/m0/s1. The van der Waals surface area contributed by atoms with Gasteiger partial charge in [-0.05, 0) is 26.7 Å². The van der Waals surface area contributed by atoms with Gasteiger partial charge in [-0.3, -0.25) is 4.68 Å². The van der Waals surface area contributed by atoms with E-state index in [4.69, 9.17) is 0 Å². The Morgan fingerprint density at radius 1 is 1.29 bits per heavy atom. The van der Waals surface area contributed by atoms with Gasteiger partial charge in [0, 0.05) is 44.1 Å². The molecule has 0 saturated carbocycles. The average molecular weight is 286 g/mol. The summed E-state index contributed by atoms with van der Waals surface area (Å²) < 4.78 is 1.85. The molecule has 112 valence electrons. The summed E-state index contributed by atoms with van der Waals surface area (Å²) >= 11 is 0. The molecule has 0 bridgehead atoms. The normalized spacial score (nSPS) is 18.8. The first-order valence-corrected chi connectivity index (χ1v) is 7.42. The molecule has 6 nitrogen and oxygen atoms in total. The summed E-state index contributed by atoms with van der Waals surface area (Å²) in [5.41, 5.74) is 2.20. The Bertz CT molecular complexity index is 600. The number of piperidine rings is 1. The van der Waals surface area contributed by atoms with Gasteiger partial charge >= 0.3 is 0 Å². The summed E-state index contributed by atoms with van der Waals surface area (Å²) in [5, 5.41) is 7.81. The van der Waals surface area contributed by atoms with E-state index in [0.29, 0.717) is 6.04 Å². The van der Waals surface area contributed by atoms with Crippen molar-refractivity contribution < 1.29 is 0 Å². The van der Waals surface area contributed by atoms with Crippen LogP contribution >= 0.6 is 0 Å². The zero-order chi connectivity index (χ0) is 14.8. The Morgan fingerprint density at radius 2 is 2.14 bits per heavy atom.